The van der Waals surface area contributed by atoms with Gasteiger partial charge in [0.15, 0.2) is 0 Å². The van der Waals surface area contributed by atoms with Crippen LogP contribution in [0.4, 0.5) is 0 Å². The van der Waals surface area contributed by atoms with Gasteiger partial charge in [-0.1, -0.05) is 0 Å². The Kier molecular flexibility index (Phi) is 8.60. The van der Waals surface area contributed by atoms with Crippen LogP contribution in [0.15, 0.2) is 6.20 Å². The Bertz CT molecular complexity index is 412. The van der Waals surface area contributed by atoms with E-state index in [4.69, 9.17) is 9.47 Å². The molecule has 1 fully saturated rings. The molecule has 2 N–H and O–H groups in total. The van der Waals surface area contributed by atoms with Crippen molar-refractivity contribution in [2.24, 2.45) is 0 Å². The monoisotopic (exact) mass is 324 g/mol. The highest BCUT2D eigenvalue weighted by Crippen LogP contribution is 2.28. The molecule has 0 radical (unpaired) electrons. The Morgan fingerprint density at radius 1 is 1.22 bits per heavy atom. The first kappa shape index (κ1) is 18.4. The van der Waals surface area contributed by atoms with Gasteiger partial charge in [-0.15, -0.1) is 0 Å². The number of rotatable bonds is 6. The van der Waals surface area contributed by atoms with Crippen LogP contribution < -0.4 is 5.32 Å². The van der Waals surface area contributed by atoms with E-state index in [1.165, 1.54) is 11.3 Å². The number of H-pyrrole nitrogens is 1. The molecule has 1 saturated heterocycles. The van der Waals surface area contributed by atoms with Crippen LogP contribution in [0.1, 0.15) is 42.9 Å². The van der Waals surface area contributed by atoms with Gasteiger partial charge in [0, 0.05) is 50.0 Å². The van der Waals surface area contributed by atoms with E-state index in [1.54, 1.807) is 0 Å². The highest BCUT2D eigenvalue weighted by molar-refractivity contribution is 5.20. The lowest BCUT2D eigenvalue weighted by Gasteiger charge is -2.20. The lowest BCUT2D eigenvalue weighted by Crippen LogP contribution is -2.27. The molecule has 6 nitrogen and oxygen atoms in total. The van der Waals surface area contributed by atoms with Gasteiger partial charge in [0.25, 0.3) is 0 Å². The van der Waals surface area contributed by atoms with Gasteiger partial charge in [-0.05, 0) is 39.8 Å². The average molecular weight is 324 g/mol. The molecule has 0 aromatic carbocycles. The Hall–Kier alpha value is -0.950. The maximum Gasteiger partial charge on any atom is 0.0700 e. The van der Waals surface area contributed by atoms with Crippen LogP contribution in [0.25, 0.3) is 0 Å². The van der Waals surface area contributed by atoms with Crippen molar-refractivity contribution < 1.29 is 9.47 Å². The number of ether oxygens (including phenoxy) is 2. The zero-order valence-electron chi connectivity index (χ0n) is 14.6. The second-order valence-corrected chi connectivity index (χ2v) is 6.36. The van der Waals surface area contributed by atoms with E-state index in [2.05, 4.69) is 27.5 Å². The van der Waals surface area contributed by atoms with Gasteiger partial charge in [-0.25, -0.2) is 0 Å². The molecule has 1 aromatic heterocycles. The minimum absolute atomic E-state index is 0.524. The van der Waals surface area contributed by atoms with Crippen molar-refractivity contribution >= 4 is 0 Å². The van der Waals surface area contributed by atoms with Crippen LogP contribution >= 0.6 is 0 Å². The Balaban J connectivity index is 1.95. The van der Waals surface area contributed by atoms with Gasteiger partial charge >= 0.3 is 0 Å². The fourth-order valence-electron chi connectivity index (χ4n) is 3.09. The summed E-state index contributed by atoms with van der Waals surface area (Å²) in [6, 6.07) is 0. The molecular weight excluding hydrogens is 292 g/mol. The maximum atomic E-state index is 5.60. The number of nitrogens with one attached hydrogen (secondary N) is 2. The first-order valence-electron chi connectivity index (χ1n) is 8.82. The summed E-state index contributed by atoms with van der Waals surface area (Å²) in [5.74, 6) is 0.524. The molecule has 1 aromatic rings. The highest BCUT2D eigenvalue weighted by Gasteiger charge is 2.18. The van der Waals surface area contributed by atoms with Crippen LogP contribution in [-0.2, 0) is 16.0 Å². The summed E-state index contributed by atoms with van der Waals surface area (Å²) in [4.78, 5) is 2.34. The van der Waals surface area contributed by atoms with E-state index >= 15 is 0 Å². The van der Waals surface area contributed by atoms with E-state index in [-0.39, 0.29) is 0 Å². The summed E-state index contributed by atoms with van der Waals surface area (Å²) in [6.45, 7) is 6.07. The molecule has 6 heteroatoms. The highest BCUT2D eigenvalue weighted by atomic mass is 16.5. The lowest BCUT2D eigenvalue weighted by molar-refractivity contribution is 0.0483. The molecule has 23 heavy (non-hydrogen) atoms. The first-order chi connectivity index (χ1) is 11.3. The topological polar surface area (TPSA) is 62.4 Å². The molecule has 0 bridgehead atoms. The molecule has 0 unspecified atom stereocenters. The summed E-state index contributed by atoms with van der Waals surface area (Å²) < 4.78 is 11.2. The minimum atomic E-state index is 0.524. The molecule has 1 aliphatic heterocycles. The Labute approximate surface area is 139 Å². The number of likely N-dealkylation sites (N-methyl/N-ethyl adjacent to an activating group) is 2. The smallest absolute Gasteiger partial charge is 0.0700 e. The Morgan fingerprint density at radius 2 is 1.91 bits per heavy atom. The molecule has 0 saturated carbocycles. The van der Waals surface area contributed by atoms with Crippen molar-refractivity contribution in [2.75, 3.05) is 53.6 Å². The number of hydrogen-bond acceptors (Lipinski definition) is 5. The van der Waals surface area contributed by atoms with Crippen LogP contribution in [0.3, 0.4) is 0 Å². The van der Waals surface area contributed by atoms with Crippen molar-refractivity contribution in [3.05, 3.63) is 17.5 Å². The van der Waals surface area contributed by atoms with Gasteiger partial charge in [0.05, 0.1) is 19.4 Å². The van der Waals surface area contributed by atoms with Crippen LogP contribution in [0.5, 0.6) is 0 Å². The van der Waals surface area contributed by atoms with E-state index in [1.807, 2.05) is 13.2 Å². The first-order valence-corrected chi connectivity index (χ1v) is 8.82. The molecule has 0 atom stereocenters. The lowest BCUT2D eigenvalue weighted by atomic mass is 9.92. The van der Waals surface area contributed by atoms with Crippen molar-refractivity contribution in [3.8, 4) is 0 Å². The molecule has 0 aliphatic carbocycles. The predicted molar refractivity (Wildman–Crippen MR) is 91.7 cm³/mol. The molecule has 1 aliphatic rings. The second-order valence-electron chi connectivity index (χ2n) is 6.36. The van der Waals surface area contributed by atoms with Crippen LogP contribution in [0.2, 0.25) is 0 Å². The van der Waals surface area contributed by atoms with Crippen molar-refractivity contribution in [2.45, 2.75) is 38.1 Å². The van der Waals surface area contributed by atoms with Crippen molar-refractivity contribution in [3.63, 3.8) is 0 Å². The summed E-state index contributed by atoms with van der Waals surface area (Å²) >= 11 is 0. The van der Waals surface area contributed by atoms with Crippen LogP contribution in [0, 0.1) is 0 Å². The molecule has 0 amide bonds. The number of hydrogen-bond donors (Lipinski definition) is 2. The van der Waals surface area contributed by atoms with E-state index in [9.17, 15) is 0 Å². The fraction of sp³-hybridized carbons (Fsp3) is 0.824. The molecule has 2 heterocycles. The summed E-state index contributed by atoms with van der Waals surface area (Å²) in [6.07, 6.45) is 6.48. The van der Waals surface area contributed by atoms with E-state index < -0.39 is 0 Å². The van der Waals surface area contributed by atoms with Crippen LogP contribution in [-0.4, -0.2) is 68.7 Å². The zero-order valence-corrected chi connectivity index (χ0v) is 14.6. The fourth-order valence-corrected chi connectivity index (χ4v) is 3.09. The molecule has 132 valence electrons. The SMILES string of the molecule is CNCCN(C)Cc1cn[nH]c1C1CCCOCCOCCC1. The maximum absolute atomic E-state index is 5.60. The number of nitrogens with zero attached hydrogens (tertiary/aromatic N) is 2. The third-order valence-corrected chi connectivity index (χ3v) is 4.40. The standard InChI is InChI=1S/C17H32N4O2/c1-18-7-8-21(2)14-16-13-19-20-17(16)15-5-3-9-22-11-12-23-10-4-6-15/h13,15,18H,3-12,14H2,1-2H3,(H,19,20). The summed E-state index contributed by atoms with van der Waals surface area (Å²) in [5, 5.41) is 10.8. The number of aromatic amines is 1. The normalized spacial score (nSPS) is 18.9. The third kappa shape index (κ3) is 6.59. The molecule has 2 rings (SSSR count). The van der Waals surface area contributed by atoms with Gasteiger partial charge in [-0.3, -0.25) is 5.10 Å². The number of aromatic nitrogens is 2. The van der Waals surface area contributed by atoms with Crippen molar-refractivity contribution in [1.82, 2.24) is 20.4 Å². The average Bonchev–Trinajstić information content (AvgIpc) is 2.97. The summed E-state index contributed by atoms with van der Waals surface area (Å²) in [5.41, 5.74) is 2.63. The predicted octanol–water partition coefficient (Wildman–Crippen LogP) is 1.75. The Morgan fingerprint density at radius 3 is 2.57 bits per heavy atom. The quantitative estimate of drug-likeness (QED) is 0.835. The minimum Gasteiger partial charge on any atom is -0.379 e. The van der Waals surface area contributed by atoms with Gasteiger partial charge in [0.1, 0.15) is 0 Å². The third-order valence-electron chi connectivity index (χ3n) is 4.40. The largest absolute Gasteiger partial charge is 0.379 e. The zero-order chi connectivity index (χ0) is 16.3. The van der Waals surface area contributed by atoms with Crippen molar-refractivity contribution in [1.29, 1.82) is 0 Å². The van der Waals surface area contributed by atoms with E-state index in [0.29, 0.717) is 5.92 Å². The van der Waals surface area contributed by atoms with E-state index in [0.717, 1.165) is 71.7 Å². The van der Waals surface area contributed by atoms with Gasteiger partial charge in [-0.2, -0.15) is 5.10 Å². The second kappa shape index (κ2) is 10.8. The van der Waals surface area contributed by atoms with Gasteiger partial charge < -0.3 is 19.7 Å². The van der Waals surface area contributed by atoms with Gasteiger partial charge in [0.2, 0.25) is 0 Å². The molecular formula is C17H32N4O2. The molecule has 0 spiro atoms. The summed E-state index contributed by atoms with van der Waals surface area (Å²) in [7, 11) is 4.15.